The molecule has 0 bridgehead atoms. The van der Waals surface area contributed by atoms with Crippen LogP contribution in [0.25, 0.3) is 10.9 Å². The summed E-state index contributed by atoms with van der Waals surface area (Å²) in [6.07, 6.45) is 3.82. The number of aromatic amines is 1. The lowest BCUT2D eigenvalue weighted by atomic mass is 10.0. The van der Waals surface area contributed by atoms with Crippen LogP contribution in [0.3, 0.4) is 0 Å². The maximum atomic E-state index is 12.3. The Balaban J connectivity index is 1.98. The molecule has 1 aliphatic rings. The number of piperidine rings is 1. The Morgan fingerprint density at radius 1 is 1.38 bits per heavy atom. The summed E-state index contributed by atoms with van der Waals surface area (Å²) < 4.78 is 1.72. The molecule has 2 atom stereocenters. The highest BCUT2D eigenvalue weighted by molar-refractivity contribution is 9.11. The first-order valence-electron chi connectivity index (χ1n) is 7.27. The number of hydrogen-bond donors (Lipinski definition) is 2. The molecule has 3 rings (SSSR count). The molecule has 6 heteroatoms. The number of aromatic nitrogens is 2. The summed E-state index contributed by atoms with van der Waals surface area (Å²) in [6.45, 7) is 4.22. The lowest BCUT2D eigenvalue weighted by molar-refractivity contribution is -0.942. The number of fused-ring (bicyclic) bond motifs is 1. The summed E-state index contributed by atoms with van der Waals surface area (Å²) in [5.74, 6) is 0.777. The van der Waals surface area contributed by atoms with Crippen molar-refractivity contribution in [2.24, 2.45) is 0 Å². The molecular formula is C15H18Br2N3O+. The number of rotatable bonds is 2. The minimum absolute atomic E-state index is 0.0685. The second-order valence-corrected chi connectivity index (χ2v) is 7.55. The first-order chi connectivity index (χ1) is 10.0. The number of quaternary nitrogens is 1. The molecule has 0 radical (unpaired) electrons. The number of nitrogens with one attached hydrogen (secondary N) is 2. The summed E-state index contributed by atoms with van der Waals surface area (Å²) in [5, 5.41) is 0.613. The smallest absolute Gasteiger partial charge is 0.259 e. The van der Waals surface area contributed by atoms with Gasteiger partial charge in [0.1, 0.15) is 6.54 Å². The third-order valence-corrected chi connectivity index (χ3v) is 5.32. The van der Waals surface area contributed by atoms with Crippen LogP contribution in [0.4, 0.5) is 0 Å². The van der Waals surface area contributed by atoms with Crippen LogP contribution in [-0.2, 0) is 6.54 Å². The van der Waals surface area contributed by atoms with E-state index in [2.05, 4.69) is 48.8 Å². The molecule has 0 saturated carbocycles. The minimum atomic E-state index is -0.0685. The minimum Gasteiger partial charge on any atom is -0.326 e. The molecule has 2 aromatic rings. The predicted octanol–water partition coefficient (Wildman–Crippen LogP) is 2.41. The third kappa shape index (κ3) is 3.22. The van der Waals surface area contributed by atoms with Gasteiger partial charge in [0.05, 0.1) is 23.5 Å². The van der Waals surface area contributed by atoms with E-state index in [1.54, 1.807) is 0 Å². The van der Waals surface area contributed by atoms with Crippen LogP contribution >= 0.6 is 31.9 Å². The standard InChI is InChI=1S/C15H17Br2N3O/c1-9-4-2-3-5-20(9)8-13-18-14-11(15(21)19-13)6-10(16)7-12(14)17/h6-7,9H,2-5,8H2,1H3,(H,18,19,21)/p+1/t9-/m0/s1. The first kappa shape index (κ1) is 15.2. The number of likely N-dealkylation sites (tertiary alicyclic amines) is 1. The fourth-order valence-corrected chi connectivity index (χ4v) is 4.34. The first-order valence-corrected chi connectivity index (χ1v) is 8.85. The van der Waals surface area contributed by atoms with Gasteiger partial charge in [0.15, 0.2) is 5.82 Å². The maximum absolute atomic E-state index is 12.3. The van der Waals surface area contributed by atoms with E-state index in [4.69, 9.17) is 0 Å². The van der Waals surface area contributed by atoms with Gasteiger partial charge in [-0.15, -0.1) is 0 Å². The highest BCUT2D eigenvalue weighted by Crippen LogP contribution is 2.24. The zero-order valence-corrected chi connectivity index (χ0v) is 15.1. The van der Waals surface area contributed by atoms with Crippen molar-refractivity contribution in [1.29, 1.82) is 0 Å². The van der Waals surface area contributed by atoms with Gasteiger partial charge in [-0.05, 0) is 54.2 Å². The molecule has 1 aliphatic heterocycles. The van der Waals surface area contributed by atoms with Gasteiger partial charge in [0.2, 0.25) is 0 Å². The Hall–Kier alpha value is -0.720. The van der Waals surface area contributed by atoms with Gasteiger partial charge in [-0.3, -0.25) is 4.79 Å². The van der Waals surface area contributed by atoms with Gasteiger partial charge in [-0.1, -0.05) is 15.9 Å². The number of hydrogen-bond acceptors (Lipinski definition) is 2. The number of benzene rings is 1. The summed E-state index contributed by atoms with van der Waals surface area (Å²) in [6, 6.07) is 4.37. The Morgan fingerprint density at radius 3 is 2.95 bits per heavy atom. The molecule has 1 fully saturated rings. The molecule has 0 amide bonds. The van der Waals surface area contributed by atoms with Crippen molar-refractivity contribution in [3.8, 4) is 0 Å². The molecule has 2 heterocycles. The average molecular weight is 416 g/mol. The van der Waals surface area contributed by atoms with E-state index in [1.807, 2.05) is 12.1 Å². The Labute approximate surface area is 140 Å². The normalized spacial score (nSPS) is 22.6. The van der Waals surface area contributed by atoms with Crippen molar-refractivity contribution < 1.29 is 4.90 Å². The highest BCUT2D eigenvalue weighted by Gasteiger charge is 2.23. The highest BCUT2D eigenvalue weighted by atomic mass is 79.9. The van der Waals surface area contributed by atoms with Crippen LogP contribution in [0, 0.1) is 0 Å². The van der Waals surface area contributed by atoms with E-state index >= 15 is 0 Å². The number of H-pyrrole nitrogens is 1. The van der Waals surface area contributed by atoms with Crippen LogP contribution in [0.1, 0.15) is 32.0 Å². The molecule has 1 unspecified atom stereocenters. The largest absolute Gasteiger partial charge is 0.326 e. The fourth-order valence-electron chi connectivity index (χ4n) is 3.03. The second-order valence-electron chi connectivity index (χ2n) is 5.78. The Morgan fingerprint density at radius 2 is 2.19 bits per heavy atom. The monoisotopic (exact) mass is 414 g/mol. The zero-order valence-electron chi connectivity index (χ0n) is 11.9. The van der Waals surface area contributed by atoms with Crippen molar-refractivity contribution in [3.63, 3.8) is 0 Å². The number of halogens is 2. The van der Waals surface area contributed by atoms with Gasteiger partial charge in [0.25, 0.3) is 5.56 Å². The van der Waals surface area contributed by atoms with Gasteiger partial charge < -0.3 is 9.88 Å². The average Bonchev–Trinajstić information content (AvgIpc) is 2.43. The molecule has 1 aromatic carbocycles. The van der Waals surface area contributed by atoms with E-state index in [1.165, 1.54) is 24.2 Å². The number of nitrogens with zero attached hydrogens (tertiary/aromatic N) is 1. The molecule has 0 spiro atoms. The lowest BCUT2D eigenvalue weighted by Crippen LogP contribution is -3.15. The summed E-state index contributed by atoms with van der Waals surface area (Å²) in [5.41, 5.74) is 0.669. The fraction of sp³-hybridized carbons (Fsp3) is 0.467. The van der Waals surface area contributed by atoms with Gasteiger partial charge >= 0.3 is 0 Å². The molecule has 1 saturated heterocycles. The summed E-state index contributed by atoms with van der Waals surface area (Å²) in [7, 11) is 0. The van der Waals surface area contributed by atoms with Crippen molar-refractivity contribution >= 4 is 42.8 Å². The third-order valence-electron chi connectivity index (χ3n) is 4.25. The van der Waals surface area contributed by atoms with Gasteiger partial charge in [-0.2, -0.15) is 0 Å². The molecule has 4 nitrogen and oxygen atoms in total. The molecule has 2 N–H and O–H groups in total. The van der Waals surface area contributed by atoms with Gasteiger partial charge in [-0.25, -0.2) is 4.98 Å². The van der Waals surface area contributed by atoms with E-state index in [0.29, 0.717) is 11.4 Å². The van der Waals surface area contributed by atoms with Crippen LogP contribution in [0.5, 0.6) is 0 Å². The van der Waals surface area contributed by atoms with Crippen LogP contribution in [0.15, 0.2) is 25.9 Å². The van der Waals surface area contributed by atoms with Crippen molar-refractivity contribution in [2.45, 2.75) is 38.8 Å². The van der Waals surface area contributed by atoms with Crippen molar-refractivity contribution in [1.82, 2.24) is 9.97 Å². The van der Waals surface area contributed by atoms with Crippen LogP contribution in [0.2, 0.25) is 0 Å². The quantitative estimate of drug-likeness (QED) is 0.791. The summed E-state index contributed by atoms with van der Waals surface area (Å²) >= 11 is 6.91. The predicted molar refractivity (Wildman–Crippen MR) is 90.6 cm³/mol. The zero-order chi connectivity index (χ0) is 15.0. The molecule has 21 heavy (non-hydrogen) atoms. The van der Waals surface area contributed by atoms with E-state index < -0.39 is 0 Å². The molecule has 1 aromatic heterocycles. The second kappa shape index (κ2) is 6.18. The van der Waals surface area contributed by atoms with Crippen molar-refractivity contribution in [3.05, 3.63) is 37.3 Å². The SMILES string of the molecule is C[C@H]1CCCC[NH+]1Cc1nc2c(Br)cc(Br)cc2c(=O)[nH]1. The van der Waals surface area contributed by atoms with E-state index in [-0.39, 0.29) is 5.56 Å². The van der Waals surface area contributed by atoms with Crippen LogP contribution in [-0.4, -0.2) is 22.6 Å². The Bertz CT molecular complexity index is 729. The lowest BCUT2D eigenvalue weighted by Gasteiger charge is -2.29. The van der Waals surface area contributed by atoms with Crippen LogP contribution < -0.4 is 10.5 Å². The van der Waals surface area contributed by atoms with Gasteiger partial charge in [0, 0.05) is 8.95 Å². The molecular weight excluding hydrogens is 398 g/mol. The topological polar surface area (TPSA) is 50.2 Å². The van der Waals surface area contributed by atoms with E-state index in [9.17, 15) is 4.79 Å². The molecule has 112 valence electrons. The Kier molecular flexibility index (Phi) is 4.47. The molecule has 0 aliphatic carbocycles. The summed E-state index contributed by atoms with van der Waals surface area (Å²) in [4.78, 5) is 21.4. The van der Waals surface area contributed by atoms with E-state index in [0.717, 1.165) is 33.4 Å². The van der Waals surface area contributed by atoms with Crippen molar-refractivity contribution in [2.75, 3.05) is 6.54 Å². The maximum Gasteiger partial charge on any atom is 0.259 e.